The van der Waals surface area contributed by atoms with Crippen molar-refractivity contribution < 1.29 is 4.74 Å². The maximum absolute atomic E-state index is 4.98. The van der Waals surface area contributed by atoms with Crippen LogP contribution in [-0.2, 0) is 11.2 Å². The molecule has 0 atom stereocenters. The maximum atomic E-state index is 4.98. The highest BCUT2D eigenvalue weighted by molar-refractivity contribution is 7.11. The number of nitrogens with zero attached hydrogens (tertiary/aromatic N) is 1. The first kappa shape index (κ1) is 9.68. The van der Waals surface area contributed by atoms with Gasteiger partial charge in [0.15, 0.2) is 0 Å². The molecule has 0 saturated heterocycles. The fourth-order valence-corrected chi connectivity index (χ4v) is 1.80. The molecule has 0 unspecified atom stereocenters. The Bertz CT molecular complexity index is 232. The second kappa shape index (κ2) is 4.58. The van der Waals surface area contributed by atoms with E-state index < -0.39 is 0 Å². The molecule has 3 heteroatoms. The summed E-state index contributed by atoms with van der Waals surface area (Å²) in [5, 5.41) is 1.18. The standard InChI is InChI=1S/C9H15NOS/c1-7(2)8-6-10-9(12-8)4-5-11-3/h6-7H,4-5H2,1-3H3. The molecule has 0 amide bonds. The molecule has 68 valence electrons. The summed E-state index contributed by atoms with van der Waals surface area (Å²) in [5.74, 6) is 0.596. The molecular formula is C9H15NOS. The average molecular weight is 185 g/mol. The molecule has 0 aliphatic carbocycles. The molecule has 0 spiro atoms. The number of thiazole rings is 1. The van der Waals surface area contributed by atoms with E-state index in [0.29, 0.717) is 5.92 Å². The zero-order chi connectivity index (χ0) is 8.97. The van der Waals surface area contributed by atoms with Crippen molar-refractivity contribution in [2.45, 2.75) is 26.2 Å². The molecule has 0 radical (unpaired) electrons. The van der Waals surface area contributed by atoms with Gasteiger partial charge in [0.1, 0.15) is 0 Å². The molecule has 1 heterocycles. The van der Waals surface area contributed by atoms with E-state index in [2.05, 4.69) is 18.8 Å². The molecule has 0 bridgehead atoms. The SMILES string of the molecule is COCCc1ncc(C(C)C)s1. The summed E-state index contributed by atoms with van der Waals surface area (Å²) in [4.78, 5) is 5.68. The predicted octanol–water partition coefficient (Wildman–Crippen LogP) is 2.46. The molecule has 1 rings (SSSR count). The highest BCUT2D eigenvalue weighted by Gasteiger charge is 2.04. The molecule has 1 aromatic heterocycles. The normalized spacial score (nSPS) is 11.0. The monoisotopic (exact) mass is 185 g/mol. The third-order valence-corrected chi connectivity index (χ3v) is 3.02. The lowest BCUT2D eigenvalue weighted by atomic mass is 10.2. The van der Waals surface area contributed by atoms with E-state index in [9.17, 15) is 0 Å². The first-order valence-electron chi connectivity index (χ1n) is 4.17. The van der Waals surface area contributed by atoms with Crippen LogP contribution in [0.2, 0.25) is 0 Å². The fraction of sp³-hybridized carbons (Fsp3) is 0.667. The Morgan fingerprint density at radius 2 is 2.33 bits per heavy atom. The van der Waals surface area contributed by atoms with Gasteiger partial charge in [-0.1, -0.05) is 13.8 Å². The summed E-state index contributed by atoms with van der Waals surface area (Å²) in [7, 11) is 1.72. The van der Waals surface area contributed by atoms with Crippen molar-refractivity contribution in [2.24, 2.45) is 0 Å². The lowest BCUT2D eigenvalue weighted by Gasteiger charge is -1.96. The number of methoxy groups -OCH3 is 1. The number of hydrogen-bond donors (Lipinski definition) is 0. The van der Waals surface area contributed by atoms with Gasteiger partial charge < -0.3 is 4.74 Å². The van der Waals surface area contributed by atoms with Crippen molar-refractivity contribution >= 4 is 11.3 Å². The van der Waals surface area contributed by atoms with E-state index in [1.807, 2.05) is 6.20 Å². The molecule has 0 saturated carbocycles. The third-order valence-electron chi connectivity index (χ3n) is 1.66. The predicted molar refractivity (Wildman–Crippen MR) is 51.8 cm³/mol. The van der Waals surface area contributed by atoms with Crippen LogP contribution in [0.4, 0.5) is 0 Å². The van der Waals surface area contributed by atoms with Crippen molar-refractivity contribution in [2.75, 3.05) is 13.7 Å². The second-order valence-corrected chi connectivity index (χ2v) is 4.20. The van der Waals surface area contributed by atoms with Crippen LogP contribution in [0.1, 0.15) is 29.7 Å². The summed E-state index contributed by atoms with van der Waals surface area (Å²) < 4.78 is 4.98. The van der Waals surface area contributed by atoms with E-state index in [1.165, 1.54) is 9.88 Å². The van der Waals surface area contributed by atoms with E-state index in [4.69, 9.17) is 4.74 Å². The van der Waals surface area contributed by atoms with Crippen LogP contribution in [0.15, 0.2) is 6.20 Å². The summed E-state index contributed by atoms with van der Waals surface area (Å²) in [6, 6.07) is 0. The summed E-state index contributed by atoms with van der Waals surface area (Å²) in [6.45, 7) is 5.15. The number of aromatic nitrogens is 1. The third kappa shape index (κ3) is 2.57. The number of rotatable bonds is 4. The van der Waals surface area contributed by atoms with Crippen molar-refractivity contribution in [3.63, 3.8) is 0 Å². The molecule has 1 aromatic rings. The van der Waals surface area contributed by atoms with Gasteiger partial charge in [-0.3, -0.25) is 0 Å². The van der Waals surface area contributed by atoms with Crippen molar-refractivity contribution in [1.29, 1.82) is 0 Å². The van der Waals surface area contributed by atoms with Crippen LogP contribution >= 0.6 is 11.3 Å². The van der Waals surface area contributed by atoms with Gasteiger partial charge >= 0.3 is 0 Å². The lowest BCUT2D eigenvalue weighted by molar-refractivity contribution is 0.202. The van der Waals surface area contributed by atoms with Gasteiger partial charge in [0.2, 0.25) is 0 Å². The van der Waals surface area contributed by atoms with Gasteiger partial charge in [0.05, 0.1) is 11.6 Å². The summed E-state index contributed by atoms with van der Waals surface area (Å²) >= 11 is 1.79. The van der Waals surface area contributed by atoms with Gasteiger partial charge in [0.25, 0.3) is 0 Å². The Morgan fingerprint density at radius 3 is 2.83 bits per heavy atom. The van der Waals surface area contributed by atoms with Crippen molar-refractivity contribution in [1.82, 2.24) is 4.98 Å². The molecule has 0 aliphatic heterocycles. The minimum absolute atomic E-state index is 0.596. The van der Waals surface area contributed by atoms with Crippen LogP contribution in [0.5, 0.6) is 0 Å². The van der Waals surface area contributed by atoms with Crippen molar-refractivity contribution in [3.05, 3.63) is 16.1 Å². The Kier molecular flexibility index (Phi) is 3.69. The van der Waals surface area contributed by atoms with E-state index in [-0.39, 0.29) is 0 Å². The Labute approximate surface area is 77.6 Å². The fourth-order valence-electron chi connectivity index (χ4n) is 0.896. The van der Waals surface area contributed by atoms with Gasteiger partial charge in [-0.05, 0) is 5.92 Å². The molecule has 0 N–H and O–H groups in total. The molecule has 2 nitrogen and oxygen atoms in total. The number of ether oxygens (including phenoxy) is 1. The van der Waals surface area contributed by atoms with Gasteiger partial charge in [0, 0.05) is 24.6 Å². The van der Waals surface area contributed by atoms with E-state index >= 15 is 0 Å². The molecule has 12 heavy (non-hydrogen) atoms. The van der Waals surface area contributed by atoms with Crippen LogP contribution in [0.25, 0.3) is 0 Å². The topological polar surface area (TPSA) is 22.1 Å². The second-order valence-electron chi connectivity index (χ2n) is 3.05. The zero-order valence-electron chi connectivity index (χ0n) is 7.83. The average Bonchev–Trinajstić information content (AvgIpc) is 2.48. The van der Waals surface area contributed by atoms with Crippen LogP contribution in [0.3, 0.4) is 0 Å². The zero-order valence-corrected chi connectivity index (χ0v) is 8.65. The molecule has 0 aromatic carbocycles. The quantitative estimate of drug-likeness (QED) is 0.719. The maximum Gasteiger partial charge on any atom is 0.0950 e. The Balaban J connectivity index is 2.52. The summed E-state index contributed by atoms with van der Waals surface area (Å²) in [6.07, 6.45) is 2.91. The molecular weight excluding hydrogens is 170 g/mol. The minimum Gasteiger partial charge on any atom is -0.384 e. The Hall–Kier alpha value is -0.410. The van der Waals surface area contributed by atoms with Crippen molar-refractivity contribution in [3.8, 4) is 0 Å². The first-order chi connectivity index (χ1) is 5.74. The first-order valence-corrected chi connectivity index (χ1v) is 4.99. The van der Waals surface area contributed by atoms with Gasteiger partial charge in [-0.15, -0.1) is 11.3 Å². The van der Waals surface area contributed by atoms with Gasteiger partial charge in [-0.2, -0.15) is 0 Å². The van der Waals surface area contributed by atoms with Crippen LogP contribution in [0, 0.1) is 0 Å². The van der Waals surface area contributed by atoms with E-state index in [1.54, 1.807) is 18.4 Å². The smallest absolute Gasteiger partial charge is 0.0950 e. The lowest BCUT2D eigenvalue weighted by Crippen LogP contribution is -1.92. The highest BCUT2D eigenvalue weighted by atomic mass is 32.1. The van der Waals surface area contributed by atoms with Gasteiger partial charge in [-0.25, -0.2) is 4.98 Å². The minimum atomic E-state index is 0.596. The number of hydrogen-bond acceptors (Lipinski definition) is 3. The molecule has 0 fully saturated rings. The van der Waals surface area contributed by atoms with E-state index in [0.717, 1.165) is 13.0 Å². The molecule has 0 aliphatic rings. The summed E-state index contributed by atoms with van der Waals surface area (Å²) in [5.41, 5.74) is 0. The largest absolute Gasteiger partial charge is 0.384 e. The highest BCUT2D eigenvalue weighted by Crippen LogP contribution is 2.21. The van der Waals surface area contributed by atoms with Crippen LogP contribution < -0.4 is 0 Å². The van der Waals surface area contributed by atoms with Crippen LogP contribution in [-0.4, -0.2) is 18.7 Å². The Morgan fingerprint density at radius 1 is 1.58 bits per heavy atom.